The molecule has 1 unspecified atom stereocenters. The molecule has 5 heteroatoms. The van der Waals surface area contributed by atoms with Gasteiger partial charge in [0.15, 0.2) is 0 Å². The summed E-state index contributed by atoms with van der Waals surface area (Å²) in [7, 11) is 0. The van der Waals surface area contributed by atoms with Crippen LogP contribution in [0.4, 0.5) is 5.69 Å². The van der Waals surface area contributed by atoms with Gasteiger partial charge in [0.25, 0.3) is 5.91 Å². The Kier molecular flexibility index (Phi) is 5.16. The number of nitrogens with zero attached hydrogens (tertiary/aromatic N) is 4. The Morgan fingerprint density at radius 3 is 2.58 bits per heavy atom. The van der Waals surface area contributed by atoms with Crippen molar-refractivity contribution in [2.75, 3.05) is 44.2 Å². The molecule has 0 aliphatic carbocycles. The van der Waals surface area contributed by atoms with Gasteiger partial charge in [-0.05, 0) is 37.1 Å². The molecule has 1 atom stereocenters. The average Bonchev–Trinajstić information content (AvgIpc) is 3.07. The van der Waals surface area contributed by atoms with Crippen molar-refractivity contribution in [1.82, 2.24) is 14.8 Å². The molecule has 0 radical (unpaired) electrons. The maximum absolute atomic E-state index is 12.7. The second-order valence-corrected chi connectivity index (χ2v) is 7.12. The van der Waals surface area contributed by atoms with Crippen LogP contribution in [0, 0.1) is 0 Å². The van der Waals surface area contributed by atoms with E-state index in [9.17, 15) is 4.79 Å². The number of aromatic nitrogens is 1. The van der Waals surface area contributed by atoms with E-state index in [1.54, 1.807) is 12.3 Å². The second-order valence-electron chi connectivity index (χ2n) is 7.12. The first kappa shape index (κ1) is 17.0. The van der Waals surface area contributed by atoms with E-state index in [4.69, 9.17) is 0 Å². The average molecular weight is 350 g/mol. The summed E-state index contributed by atoms with van der Waals surface area (Å²) in [5.41, 5.74) is 1.87. The standard InChI is InChI=1S/C21H26N4O/c26-21(20-9-4-5-11-22-20)24-13-6-12-23(15-16-24)19-10-14-25(17-19)18-7-2-1-3-8-18/h1-5,7-9,11,19H,6,10,12-17H2. The lowest BCUT2D eigenvalue weighted by Crippen LogP contribution is -2.41. The molecule has 2 aromatic rings. The van der Waals surface area contributed by atoms with Crippen LogP contribution in [0.25, 0.3) is 0 Å². The van der Waals surface area contributed by atoms with Gasteiger partial charge in [0, 0.05) is 57.2 Å². The molecular weight excluding hydrogens is 324 g/mol. The summed E-state index contributed by atoms with van der Waals surface area (Å²) in [6, 6.07) is 16.8. The minimum absolute atomic E-state index is 0.0600. The Balaban J connectivity index is 1.35. The Morgan fingerprint density at radius 1 is 0.923 bits per heavy atom. The molecule has 1 aromatic heterocycles. The fraction of sp³-hybridized carbons (Fsp3) is 0.429. The molecule has 0 saturated carbocycles. The predicted molar refractivity (Wildman–Crippen MR) is 103 cm³/mol. The number of benzene rings is 1. The summed E-state index contributed by atoms with van der Waals surface area (Å²) in [5, 5.41) is 0. The van der Waals surface area contributed by atoms with Crippen LogP contribution in [-0.2, 0) is 0 Å². The maximum Gasteiger partial charge on any atom is 0.272 e. The fourth-order valence-corrected chi connectivity index (χ4v) is 4.07. The minimum Gasteiger partial charge on any atom is -0.370 e. The Hall–Kier alpha value is -2.40. The Morgan fingerprint density at radius 2 is 1.77 bits per heavy atom. The van der Waals surface area contributed by atoms with Crippen LogP contribution in [0.1, 0.15) is 23.3 Å². The zero-order chi connectivity index (χ0) is 17.8. The predicted octanol–water partition coefficient (Wildman–Crippen LogP) is 2.51. The number of carbonyl (C=O) groups excluding carboxylic acids is 1. The summed E-state index contributed by atoms with van der Waals surface area (Å²) in [6.07, 6.45) is 3.91. The third kappa shape index (κ3) is 3.73. The molecule has 1 amide bonds. The molecule has 2 fully saturated rings. The summed E-state index contributed by atoms with van der Waals surface area (Å²) in [5.74, 6) is 0.0600. The number of anilines is 1. The van der Waals surface area contributed by atoms with E-state index in [2.05, 4.69) is 45.1 Å². The quantitative estimate of drug-likeness (QED) is 0.853. The number of para-hydroxylation sites is 1. The number of hydrogen-bond donors (Lipinski definition) is 0. The zero-order valence-corrected chi connectivity index (χ0v) is 15.1. The van der Waals surface area contributed by atoms with E-state index >= 15 is 0 Å². The second kappa shape index (κ2) is 7.87. The van der Waals surface area contributed by atoms with Crippen LogP contribution < -0.4 is 4.90 Å². The highest BCUT2D eigenvalue weighted by Crippen LogP contribution is 2.23. The van der Waals surface area contributed by atoms with Crippen LogP contribution in [0.15, 0.2) is 54.7 Å². The summed E-state index contributed by atoms with van der Waals surface area (Å²) in [6.45, 7) is 5.82. The van der Waals surface area contributed by atoms with Gasteiger partial charge in [-0.2, -0.15) is 0 Å². The molecular formula is C21H26N4O. The van der Waals surface area contributed by atoms with Crippen molar-refractivity contribution in [1.29, 1.82) is 0 Å². The molecule has 1 aromatic carbocycles. The third-order valence-electron chi connectivity index (χ3n) is 5.50. The molecule has 136 valence electrons. The van der Waals surface area contributed by atoms with Crippen LogP contribution in [0.3, 0.4) is 0 Å². The lowest BCUT2D eigenvalue weighted by Gasteiger charge is -2.28. The number of rotatable bonds is 3. The van der Waals surface area contributed by atoms with E-state index in [-0.39, 0.29) is 5.91 Å². The first-order chi connectivity index (χ1) is 12.8. The Labute approximate surface area is 155 Å². The van der Waals surface area contributed by atoms with Crippen molar-refractivity contribution in [3.05, 3.63) is 60.4 Å². The van der Waals surface area contributed by atoms with Gasteiger partial charge in [-0.3, -0.25) is 14.7 Å². The van der Waals surface area contributed by atoms with Crippen molar-refractivity contribution >= 4 is 11.6 Å². The molecule has 0 N–H and O–H groups in total. The van der Waals surface area contributed by atoms with Crippen molar-refractivity contribution in [2.45, 2.75) is 18.9 Å². The van der Waals surface area contributed by atoms with Crippen molar-refractivity contribution in [3.63, 3.8) is 0 Å². The van der Waals surface area contributed by atoms with E-state index in [0.717, 1.165) is 45.7 Å². The number of amides is 1. The molecule has 2 saturated heterocycles. The molecule has 0 spiro atoms. The van der Waals surface area contributed by atoms with Gasteiger partial charge in [0.05, 0.1) is 0 Å². The highest BCUT2D eigenvalue weighted by molar-refractivity contribution is 5.92. The van der Waals surface area contributed by atoms with Gasteiger partial charge in [-0.15, -0.1) is 0 Å². The molecule has 0 bridgehead atoms. The molecule has 3 heterocycles. The topological polar surface area (TPSA) is 39.7 Å². The Bertz CT molecular complexity index is 721. The molecule has 26 heavy (non-hydrogen) atoms. The highest BCUT2D eigenvalue weighted by Gasteiger charge is 2.30. The first-order valence-electron chi connectivity index (χ1n) is 9.55. The van der Waals surface area contributed by atoms with Gasteiger partial charge in [0.1, 0.15) is 5.69 Å². The van der Waals surface area contributed by atoms with Crippen LogP contribution in [0.5, 0.6) is 0 Å². The summed E-state index contributed by atoms with van der Waals surface area (Å²) >= 11 is 0. The normalized spacial score (nSPS) is 21.6. The van der Waals surface area contributed by atoms with E-state index in [0.29, 0.717) is 11.7 Å². The maximum atomic E-state index is 12.7. The van der Waals surface area contributed by atoms with E-state index in [1.165, 1.54) is 12.1 Å². The van der Waals surface area contributed by atoms with Gasteiger partial charge in [-0.1, -0.05) is 24.3 Å². The van der Waals surface area contributed by atoms with E-state index in [1.807, 2.05) is 17.0 Å². The highest BCUT2D eigenvalue weighted by atomic mass is 16.2. The molecule has 2 aliphatic heterocycles. The number of pyridine rings is 1. The SMILES string of the molecule is O=C(c1ccccn1)N1CCCN(C2CCN(c3ccccc3)C2)CC1. The lowest BCUT2D eigenvalue weighted by atomic mass is 10.2. The fourth-order valence-electron chi connectivity index (χ4n) is 4.07. The minimum atomic E-state index is 0.0600. The van der Waals surface area contributed by atoms with Crippen LogP contribution in [0.2, 0.25) is 0 Å². The van der Waals surface area contributed by atoms with Gasteiger partial charge < -0.3 is 9.80 Å². The first-order valence-corrected chi connectivity index (χ1v) is 9.55. The van der Waals surface area contributed by atoms with Crippen molar-refractivity contribution in [3.8, 4) is 0 Å². The van der Waals surface area contributed by atoms with Gasteiger partial charge in [0.2, 0.25) is 0 Å². The molecule has 2 aliphatic rings. The van der Waals surface area contributed by atoms with Crippen molar-refractivity contribution < 1.29 is 4.79 Å². The summed E-state index contributed by atoms with van der Waals surface area (Å²) < 4.78 is 0. The van der Waals surface area contributed by atoms with Gasteiger partial charge in [-0.25, -0.2) is 0 Å². The lowest BCUT2D eigenvalue weighted by molar-refractivity contribution is 0.0753. The largest absolute Gasteiger partial charge is 0.370 e. The van der Waals surface area contributed by atoms with Crippen molar-refractivity contribution in [2.24, 2.45) is 0 Å². The van der Waals surface area contributed by atoms with E-state index < -0.39 is 0 Å². The third-order valence-corrected chi connectivity index (χ3v) is 5.50. The van der Waals surface area contributed by atoms with Gasteiger partial charge >= 0.3 is 0 Å². The monoisotopic (exact) mass is 350 g/mol. The summed E-state index contributed by atoms with van der Waals surface area (Å²) in [4.78, 5) is 23.9. The number of carbonyl (C=O) groups is 1. The van der Waals surface area contributed by atoms with Crippen LogP contribution in [-0.4, -0.2) is 66.0 Å². The molecule has 4 rings (SSSR count). The zero-order valence-electron chi connectivity index (χ0n) is 15.1. The smallest absolute Gasteiger partial charge is 0.272 e. The number of hydrogen-bond acceptors (Lipinski definition) is 4. The van der Waals surface area contributed by atoms with Crippen LogP contribution >= 0.6 is 0 Å². The molecule has 5 nitrogen and oxygen atoms in total.